The molecule has 2 aromatic rings. The summed E-state index contributed by atoms with van der Waals surface area (Å²) < 4.78 is 33.5. The predicted molar refractivity (Wildman–Crippen MR) is 98.5 cm³/mol. The second-order valence-corrected chi connectivity index (χ2v) is 6.50. The summed E-state index contributed by atoms with van der Waals surface area (Å²) >= 11 is 3.41. The fraction of sp³-hybridized carbons (Fsp3) is 0.333. The second-order valence-electron chi connectivity index (χ2n) is 5.65. The van der Waals surface area contributed by atoms with E-state index in [1.165, 1.54) is 12.1 Å². The van der Waals surface area contributed by atoms with Crippen LogP contribution in [0, 0.1) is 18.6 Å². The van der Waals surface area contributed by atoms with Crippen LogP contribution < -0.4 is 4.74 Å². The monoisotopic (exact) mass is 411 g/mol. The molecule has 7 heteroatoms. The van der Waals surface area contributed by atoms with E-state index in [9.17, 15) is 8.78 Å². The molecule has 0 amide bonds. The van der Waals surface area contributed by atoms with Crippen molar-refractivity contribution < 1.29 is 13.5 Å². The smallest absolute Gasteiger partial charge is 0.163 e. The molecule has 0 saturated carbocycles. The average Bonchev–Trinajstić information content (AvgIpc) is 2.56. The average molecular weight is 412 g/mol. The first-order chi connectivity index (χ1) is 11.8. The summed E-state index contributed by atoms with van der Waals surface area (Å²) in [5.74, 6) is -0.804. The number of hydrogen-bond donors (Lipinski definition) is 0. The highest BCUT2D eigenvalue weighted by atomic mass is 79.9. The molecule has 1 unspecified atom stereocenters. The first-order valence-electron chi connectivity index (χ1n) is 7.84. The van der Waals surface area contributed by atoms with Crippen LogP contribution in [0.1, 0.15) is 31.2 Å². The maximum atomic E-state index is 13.5. The van der Waals surface area contributed by atoms with E-state index in [1.807, 2.05) is 25.8 Å². The van der Waals surface area contributed by atoms with Gasteiger partial charge in [-0.1, -0.05) is 0 Å². The number of hydrogen-bond acceptors (Lipinski definition) is 3. The summed E-state index contributed by atoms with van der Waals surface area (Å²) in [6.45, 7) is 6.36. The van der Waals surface area contributed by atoms with Gasteiger partial charge >= 0.3 is 0 Å². The van der Waals surface area contributed by atoms with E-state index < -0.39 is 17.7 Å². The summed E-state index contributed by atoms with van der Waals surface area (Å²) in [7, 11) is 1.91. The molecule has 0 bridgehead atoms. The Morgan fingerprint density at radius 3 is 2.56 bits per heavy atom. The van der Waals surface area contributed by atoms with Gasteiger partial charge in [0, 0.05) is 25.9 Å². The van der Waals surface area contributed by atoms with Gasteiger partial charge in [0.25, 0.3) is 0 Å². The number of rotatable bonds is 6. The zero-order chi connectivity index (χ0) is 18.6. The van der Waals surface area contributed by atoms with E-state index in [-0.39, 0.29) is 0 Å². The van der Waals surface area contributed by atoms with Crippen LogP contribution in [-0.4, -0.2) is 29.8 Å². The quantitative estimate of drug-likeness (QED) is 0.485. The van der Waals surface area contributed by atoms with Gasteiger partial charge < -0.3 is 9.64 Å². The van der Waals surface area contributed by atoms with E-state index in [0.717, 1.165) is 12.6 Å². The van der Waals surface area contributed by atoms with E-state index in [2.05, 4.69) is 25.9 Å². The molecule has 0 saturated heterocycles. The van der Waals surface area contributed by atoms with Gasteiger partial charge in [0.2, 0.25) is 0 Å². The Morgan fingerprint density at radius 1 is 1.32 bits per heavy atom. The zero-order valence-corrected chi connectivity index (χ0v) is 16.1. The van der Waals surface area contributed by atoms with Crippen LogP contribution in [0.3, 0.4) is 0 Å². The molecule has 25 heavy (non-hydrogen) atoms. The topological polar surface area (TPSA) is 37.7 Å². The highest BCUT2D eigenvalue weighted by Gasteiger charge is 2.17. The fourth-order valence-electron chi connectivity index (χ4n) is 2.11. The maximum Gasteiger partial charge on any atom is 0.163 e. The lowest BCUT2D eigenvalue weighted by molar-refractivity contribution is 0.225. The lowest BCUT2D eigenvalue weighted by Crippen LogP contribution is -2.14. The molecule has 4 nitrogen and oxygen atoms in total. The van der Waals surface area contributed by atoms with E-state index >= 15 is 0 Å². The van der Waals surface area contributed by atoms with Crippen LogP contribution in [0.4, 0.5) is 14.5 Å². The first kappa shape index (κ1) is 19.3. The van der Waals surface area contributed by atoms with Crippen molar-refractivity contribution in [3.63, 3.8) is 0 Å². The molecule has 1 aromatic carbocycles. The summed E-state index contributed by atoms with van der Waals surface area (Å²) in [5, 5.41) is 0. The molecule has 0 aliphatic rings. The Hall–Kier alpha value is -2.02. The van der Waals surface area contributed by atoms with Gasteiger partial charge in [-0.3, -0.25) is 4.98 Å². The molecule has 0 aliphatic carbocycles. The third-order valence-electron chi connectivity index (χ3n) is 3.68. The zero-order valence-electron chi connectivity index (χ0n) is 14.6. The van der Waals surface area contributed by atoms with Crippen molar-refractivity contribution >= 4 is 28.0 Å². The molecule has 2 rings (SSSR count). The Kier molecular flexibility index (Phi) is 6.47. The Labute approximate surface area is 154 Å². The Morgan fingerprint density at radius 2 is 1.96 bits per heavy atom. The second kappa shape index (κ2) is 8.38. The molecule has 1 aromatic heterocycles. The maximum absolute atomic E-state index is 13.5. The van der Waals surface area contributed by atoms with Gasteiger partial charge in [-0.25, -0.2) is 13.8 Å². The lowest BCUT2D eigenvalue weighted by Gasteiger charge is -2.19. The third-order valence-corrected chi connectivity index (χ3v) is 4.24. The van der Waals surface area contributed by atoms with E-state index in [4.69, 9.17) is 4.74 Å². The number of pyridine rings is 1. The molecule has 0 radical (unpaired) electrons. The number of aryl methyl sites for hydroxylation is 1. The first-order valence-corrected chi connectivity index (χ1v) is 8.63. The third kappa shape index (κ3) is 4.98. The largest absolute Gasteiger partial charge is 0.482 e. The lowest BCUT2D eigenvalue weighted by atomic mass is 10.1. The van der Waals surface area contributed by atoms with Gasteiger partial charge in [0.1, 0.15) is 23.4 Å². The highest BCUT2D eigenvalue weighted by Crippen LogP contribution is 2.39. The van der Waals surface area contributed by atoms with Crippen molar-refractivity contribution in [2.75, 3.05) is 13.6 Å². The van der Waals surface area contributed by atoms with Gasteiger partial charge in [-0.05, 0) is 54.4 Å². The van der Waals surface area contributed by atoms with Crippen molar-refractivity contribution in [3.8, 4) is 5.75 Å². The van der Waals surface area contributed by atoms with E-state index in [1.54, 1.807) is 19.5 Å². The molecular formula is C18H20BrF2N3O. The molecule has 0 aliphatic heterocycles. The standard InChI is InChI=1S/C18H20BrF2N3O/c1-5-24(4)10-23-17-11(2)22-9-16(19)18(17)25-12(3)13-6-14(20)8-15(21)7-13/h6-10,12H,5H2,1-4H3. The van der Waals surface area contributed by atoms with Gasteiger partial charge in [0.15, 0.2) is 5.75 Å². The van der Waals surface area contributed by atoms with Gasteiger partial charge in [-0.15, -0.1) is 0 Å². The normalized spacial score (nSPS) is 12.4. The minimum absolute atomic E-state index is 0.402. The summed E-state index contributed by atoms with van der Waals surface area (Å²) in [6, 6.07) is 3.34. The van der Waals surface area contributed by atoms with Crippen molar-refractivity contribution in [3.05, 3.63) is 51.8 Å². The van der Waals surface area contributed by atoms with Crippen LogP contribution >= 0.6 is 15.9 Å². The van der Waals surface area contributed by atoms with Crippen LogP contribution in [-0.2, 0) is 0 Å². The van der Waals surface area contributed by atoms with Crippen LogP contribution in [0.25, 0.3) is 0 Å². The van der Waals surface area contributed by atoms with Crippen molar-refractivity contribution in [2.45, 2.75) is 26.9 Å². The summed E-state index contributed by atoms with van der Waals surface area (Å²) in [5.41, 5.74) is 1.66. The summed E-state index contributed by atoms with van der Waals surface area (Å²) in [6.07, 6.45) is 2.74. The van der Waals surface area contributed by atoms with E-state index in [0.29, 0.717) is 27.2 Å². The van der Waals surface area contributed by atoms with Crippen molar-refractivity contribution in [1.29, 1.82) is 0 Å². The number of halogens is 3. The number of aliphatic imine (C=N–C) groups is 1. The molecule has 1 atom stereocenters. The number of aromatic nitrogens is 1. The minimum Gasteiger partial charge on any atom is -0.482 e. The Bertz CT molecular complexity index is 763. The summed E-state index contributed by atoms with van der Waals surface area (Å²) in [4.78, 5) is 10.6. The Balaban J connectivity index is 2.37. The minimum atomic E-state index is -0.641. The number of nitrogens with zero attached hydrogens (tertiary/aromatic N) is 3. The fourth-order valence-corrected chi connectivity index (χ4v) is 2.49. The highest BCUT2D eigenvalue weighted by molar-refractivity contribution is 9.10. The van der Waals surface area contributed by atoms with Crippen LogP contribution in [0.15, 0.2) is 33.9 Å². The molecule has 0 N–H and O–H groups in total. The molecule has 0 spiro atoms. The van der Waals surface area contributed by atoms with Crippen molar-refractivity contribution in [1.82, 2.24) is 9.88 Å². The number of ether oxygens (including phenoxy) is 1. The number of benzene rings is 1. The molecular weight excluding hydrogens is 392 g/mol. The molecule has 134 valence electrons. The predicted octanol–water partition coefficient (Wildman–Crippen LogP) is 5.18. The van der Waals surface area contributed by atoms with Crippen LogP contribution in [0.5, 0.6) is 5.75 Å². The van der Waals surface area contributed by atoms with Crippen molar-refractivity contribution in [2.24, 2.45) is 4.99 Å². The van der Waals surface area contributed by atoms with Crippen LogP contribution in [0.2, 0.25) is 0 Å². The van der Waals surface area contributed by atoms with Gasteiger partial charge in [0.05, 0.1) is 16.5 Å². The SMILES string of the molecule is CCN(C)C=Nc1c(C)ncc(Br)c1OC(C)c1cc(F)cc(F)c1. The molecule has 1 heterocycles. The van der Waals surface area contributed by atoms with Gasteiger partial charge in [-0.2, -0.15) is 0 Å². The molecule has 0 fully saturated rings.